The number of ether oxygens (including phenoxy) is 1. The number of rotatable bonds is 2. The van der Waals surface area contributed by atoms with E-state index in [9.17, 15) is 5.26 Å². The first-order valence-corrected chi connectivity index (χ1v) is 5.99. The molecule has 17 heavy (non-hydrogen) atoms. The van der Waals surface area contributed by atoms with E-state index in [1.165, 1.54) is 0 Å². The fourth-order valence-electron chi connectivity index (χ4n) is 2.44. The van der Waals surface area contributed by atoms with E-state index < -0.39 is 0 Å². The average molecular weight is 230 g/mol. The highest BCUT2D eigenvalue weighted by Gasteiger charge is 2.34. The third-order valence-electron chi connectivity index (χ3n) is 3.63. The van der Waals surface area contributed by atoms with Crippen molar-refractivity contribution in [3.05, 3.63) is 29.3 Å². The Hall–Kier alpha value is -1.53. The first-order chi connectivity index (χ1) is 8.22. The molecule has 1 aliphatic heterocycles. The van der Waals surface area contributed by atoms with Crippen molar-refractivity contribution in [3.8, 4) is 11.8 Å². The van der Waals surface area contributed by atoms with Crippen molar-refractivity contribution in [1.29, 1.82) is 5.26 Å². The summed E-state index contributed by atoms with van der Waals surface area (Å²) in [6.07, 6.45) is 1.74. The summed E-state index contributed by atoms with van der Waals surface area (Å²) >= 11 is 0. The number of hydrogen-bond donors (Lipinski definition) is 1. The van der Waals surface area contributed by atoms with Crippen LogP contribution in [0.25, 0.3) is 0 Å². The van der Waals surface area contributed by atoms with E-state index in [2.05, 4.69) is 17.5 Å². The fourth-order valence-corrected chi connectivity index (χ4v) is 2.44. The number of nitriles is 1. The van der Waals surface area contributed by atoms with Crippen LogP contribution >= 0.6 is 0 Å². The number of piperidine rings is 1. The van der Waals surface area contributed by atoms with Gasteiger partial charge in [-0.3, -0.25) is 0 Å². The SMILES string of the molecule is COc1cc(C2(C#N)CCNCC2)ccc1C. The first-order valence-electron chi connectivity index (χ1n) is 5.99. The molecule has 3 nitrogen and oxygen atoms in total. The molecule has 1 saturated heterocycles. The van der Waals surface area contributed by atoms with Crippen LogP contribution in [0.15, 0.2) is 18.2 Å². The Morgan fingerprint density at radius 1 is 1.35 bits per heavy atom. The van der Waals surface area contributed by atoms with E-state index in [-0.39, 0.29) is 5.41 Å². The summed E-state index contributed by atoms with van der Waals surface area (Å²) in [6.45, 7) is 3.83. The number of benzene rings is 1. The van der Waals surface area contributed by atoms with Gasteiger partial charge in [0, 0.05) is 0 Å². The maximum absolute atomic E-state index is 9.51. The predicted octanol–water partition coefficient (Wildman–Crippen LogP) is 2.15. The van der Waals surface area contributed by atoms with Crippen LogP contribution in [0.1, 0.15) is 24.0 Å². The van der Waals surface area contributed by atoms with Gasteiger partial charge in [0.05, 0.1) is 18.6 Å². The Labute approximate surface area is 102 Å². The largest absolute Gasteiger partial charge is 0.496 e. The molecule has 1 aromatic rings. The summed E-state index contributed by atoms with van der Waals surface area (Å²) in [5.41, 5.74) is 1.86. The molecule has 0 aromatic heterocycles. The Bertz CT molecular complexity index is 442. The van der Waals surface area contributed by atoms with Gasteiger partial charge in [0.1, 0.15) is 5.75 Å². The molecular formula is C14H18N2O. The van der Waals surface area contributed by atoms with Crippen molar-refractivity contribution in [2.45, 2.75) is 25.2 Å². The van der Waals surface area contributed by atoms with Crippen LogP contribution in [0.3, 0.4) is 0 Å². The average Bonchev–Trinajstić information content (AvgIpc) is 2.40. The molecule has 3 heteroatoms. The van der Waals surface area contributed by atoms with Crippen LogP contribution in [0, 0.1) is 18.3 Å². The molecule has 0 amide bonds. The smallest absolute Gasteiger partial charge is 0.122 e. The van der Waals surface area contributed by atoms with E-state index in [0.29, 0.717) is 0 Å². The Morgan fingerprint density at radius 3 is 2.65 bits per heavy atom. The Balaban J connectivity index is 2.40. The van der Waals surface area contributed by atoms with E-state index in [0.717, 1.165) is 42.8 Å². The number of methoxy groups -OCH3 is 1. The lowest BCUT2D eigenvalue weighted by atomic mass is 9.74. The lowest BCUT2D eigenvalue weighted by Crippen LogP contribution is -2.38. The summed E-state index contributed by atoms with van der Waals surface area (Å²) < 4.78 is 5.34. The molecule has 0 radical (unpaired) electrons. The molecule has 0 atom stereocenters. The van der Waals surface area contributed by atoms with Crippen LogP contribution in [0.5, 0.6) is 5.75 Å². The lowest BCUT2D eigenvalue weighted by molar-refractivity contribution is 0.377. The Kier molecular flexibility index (Phi) is 3.35. The molecule has 1 heterocycles. The maximum atomic E-state index is 9.51. The van der Waals surface area contributed by atoms with Gasteiger partial charge in [0.25, 0.3) is 0 Å². The summed E-state index contributed by atoms with van der Waals surface area (Å²) in [5, 5.41) is 12.8. The van der Waals surface area contributed by atoms with Gasteiger partial charge in [-0.1, -0.05) is 12.1 Å². The molecule has 0 bridgehead atoms. The Morgan fingerprint density at radius 2 is 2.06 bits per heavy atom. The highest BCUT2D eigenvalue weighted by atomic mass is 16.5. The van der Waals surface area contributed by atoms with E-state index in [1.807, 2.05) is 19.1 Å². The third kappa shape index (κ3) is 2.13. The van der Waals surface area contributed by atoms with E-state index in [4.69, 9.17) is 4.74 Å². The van der Waals surface area contributed by atoms with Crippen LogP contribution in [0.2, 0.25) is 0 Å². The first kappa shape index (κ1) is 11.9. The molecule has 1 N–H and O–H groups in total. The molecule has 0 unspecified atom stereocenters. The molecule has 1 aromatic carbocycles. The highest BCUT2D eigenvalue weighted by Crippen LogP contribution is 2.35. The van der Waals surface area contributed by atoms with Gasteiger partial charge < -0.3 is 10.1 Å². The van der Waals surface area contributed by atoms with Crippen molar-refractivity contribution in [3.63, 3.8) is 0 Å². The summed E-state index contributed by atoms with van der Waals surface area (Å²) in [5.74, 6) is 0.871. The van der Waals surface area contributed by atoms with Crippen LogP contribution in [-0.2, 0) is 5.41 Å². The number of aryl methyl sites for hydroxylation is 1. The van der Waals surface area contributed by atoms with Gasteiger partial charge >= 0.3 is 0 Å². The van der Waals surface area contributed by atoms with Crippen molar-refractivity contribution < 1.29 is 4.74 Å². The van der Waals surface area contributed by atoms with Gasteiger partial charge in [-0.2, -0.15) is 5.26 Å². The molecule has 2 rings (SSSR count). The standard InChI is InChI=1S/C14H18N2O/c1-11-3-4-12(9-13(11)17-2)14(10-15)5-7-16-8-6-14/h3-4,9,16H,5-8H2,1-2H3. The summed E-state index contributed by atoms with van der Waals surface area (Å²) in [6, 6.07) is 8.63. The van der Waals surface area contributed by atoms with E-state index >= 15 is 0 Å². The monoisotopic (exact) mass is 230 g/mol. The predicted molar refractivity (Wildman–Crippen MR) is 67.1 cm³/mol. The summed E-state index contributed by atoms with van der Waals surface area (Å²) in [4.78, 5) is 0. The van der Waals surface area contributed by atoms with Gasteiger partial charge in [-0.05, 0) is 50.0 Å². The fraction of sp³-hybridized carbons (Fsp3) is 0.500. The number of nitrogens with one attached hydrogen (secondary N) is 1. The summed E-state index contributed by atoms with van der Waals surface area (Å²) in [7, 11) is 1.67. The second-order valence-corrected chi connectivity index (χ2v) is 4.63. The highest BCUT2D eigenvalue weighted by molar-refractivity contribution is 5.43. The van der Waals surface area contributed by atoms with Crippen molar-refractivity contribution in [2.24, 2.45) is 0 Å². The van der Waals surface area contributed by atoms with E-state index in [1.54, 1.807) is 7.11 Å². The molecule has 0 aliphatic carbocycles. The minimum absolute atomic E-state index is 0.341. The zero-order valence-corrected chi connectivity index (χ0v) is 10.4. The normalized spacial score (nSPS) is 18.4. The molecule has 90 valence electrons. The van der Waals surface area contributed by atoms with Crippen LogP contribution in [-0.4, -0.2) is 20.2 Å². The molecule has 1 aliphatic rings. The number of hydrogen-bond acceptors (Lipinski definition) is 3. The van der Waals surface area contributed by atoms with Gasteiger partial charge in [0.15, 0.2) is 0 Å². The second kappa shape index (κ2) is 4.77. The molecule has 1 fully saturated rings. The third-order valence-corrected chi connectivity index (χ3v) is 3.63. The topological polar surface area (TPSA) is 45.0 Å². The zero-order chi connectivity index (χ0) is 12.3. The molecule has 0 spiro atoms. The molecular weight excluding hydrogens is 212 g/mol. The number of nitrogens with zero attached hydrogens (tertiary/aromatic N) is 1. The van der Waals surface area contributed by atoms with Crippen molar-refractivity contribution in [2.75, 3.05) is 20.2 Å². The molecule has 0 saturated carbocycles. The van der Waals surface area contributed by atoms with Crippen LogP contribution < -0.4 is 10.1 Å². The quantitative estimate of drug-likeness (QED) is 0.846. The minimum Gasteiger partial charge on any atom is -0.496 e. The van der Waals surface area contributed by atoms with Crippen molar-refractivity contribution in [1.82, 2.24) is 5.32 Å². The van der Waals surface area contributed by atoms with Crippen molar-refractivity contribution >= 4 is 0 Å². The van der Waals surface area contributed by atoms with Gasteiger partial charge in [-0.15, -0.1) is 0 Å². The second-order valence-electron chi connectivity index (χ2n) is 4.63. The van der Waals surface area contributed by atoms with Gasteiger partial charge in [0.2, 0.25) is 0 Å². The zero-order valence-electron chi connectivity index (χ0n) is 10.4. The maximum Gasteiger partial charge on any atom is 0.122 e. The van der Waals surface area contributed by atoms with Crippen LogP contribution in [0.4, 0.5) is 0 Å². The van der Waals surface area contributed by atoms with Gasteiger partial charge in [-0.25, -0.2) is 0 Å². The lowest BCUT2D eigenvalue weighted by Gasteiger charge is -2.32. The minimum atomic E-state index is -0.341.